The third-order valence-corrected chi connectivity index (χ3v) is 5.21. The predicted octanol–water partition coefficient (Wildman–Crippen LogP) is -3.09. The maximum Gasteiger partial charge on any atom is 0.326 e. The third kappa shape index (κ3) is 10.3. The van der Waals surface area contributed by atoms with Crippen LogP contribution >= 0.6 is 0 Å². The molecule has 0 aliphatic heterocycles. The van der Waals surface area contributed by atoms with E-state index in [2.05, 4.69) is 30.9 Å². The Morgan fingerprint density at radius 2 is 1.69 bits per heavy atom. The number of aliphatic carboxylic acids is 1. The van der Waals surface area contributed by atoms with Crippen LogP contribution in [-0.4, -0.2) is 86.6 Å². The fraction of sp³-hybridized carbons (Fsp3) is 0.619. The number of rotatable bonds is 15. The minimum Gasteiger partial charge on any atom is -0.480 e. The molecule has 1 aromatic rings. The second-order valence-corrected chi connectivity index (χ2v) is 8.69. The zero-order valence-electron chi connectivity index (χ0n) is 20.6. The number of carboxylic acids is 1. The van der Waals surface area contributed by atoms with Gasteiger partial charge in [0.2, 0.25) is 17.7 Å². The van der Waals surface area contributed by atoms with Gasteiger partial charge in [-0.05, 0) is 25.7 Å². The van der Waals surface area contributed by atoms with E-state index in [1.54, 1.807) is 13.8 Å². The molecular weight excluding hydrogens is 474 g/mol. The molecule has 0 fully saturated rings. The Kier molecular flexibility index (Phi) is 12.3. The van der Waals surface area contributed by atoms with Crippen LogP contribution in [0.15, 0.2) is 17.5 Å². The zero-order chi connectivity index (χ0) is 27.4. The van der Waals surface area contributed by atoms with Gasteiger partial charge >= 0.3 is 5.97 Å². The number of carboxylic acid groups (broad SMARTS) is 1. The van der Waals surface area contributed by atoms with Crippen LogP contribution in [0.1, 0.15) is 39.3 Å². The molecule has 36 heavy (non-hydrogen) atoms. The van der Waals surface area contributed by atoms with Crippen LogP contribution in [0.5, 0.6) is 0 Å². The van der Waals surface area contributed by atoms with E-state index in [1.165, 1.54) is 19.4 Å². The molecule has 3 amide bonds. The van der Waals surface area contributed by atoms with Crippen molar-refractivity contribution in [1.29, 1.82) is 0 Å². The number of carbonyl (C=O) groups excluding carboxylic acids is 3. The highest BCUT2D eigenvalue weighted by Crippen LogP contribution is 2.06. The molecule has 5 atom stereocenters. The minimum absolute atomic E-state index is 0.0488. The number of hydrogen-bond donors (Lipinski definition) is 9. The lowest BCUT2D eigenvalue weighted by Gasteiger charge is -2.27. The van der Waals surface area contributed by atoms with Crippen LogP contribution in [-0.2, 0) is 25.6 Å². The topological polar surface area (TPSA) is 264 Å². The van der Waals surface area contributed by atoms with Crippen LogP contribution in [0.4, 0.5) is 0 Å². The molecule has 1 heterocycles. The van der Waals surface area contributed by atoms with Gasteiger partial charge in [-0.25, -0.2) is 9.78 Å². The highest BCUT2D eigenvalue weighted by atomic mass is 16.4. The smallest absolute Gasteiger partial charge is 0.326 e. The lowest BCUT2D eigenvalue weighted by molar-refractivity contribution is -0.143. The summed E-state index contributed by atoms with van der Waals surface area (Å²) >= 11 is 0. The van der Waals surface area contributed by atoms with Crippen LogP contribution in [0.2, 0.25) is 0 Å². The molecule has 202 valence electrons. The highest BCUT2D eigenvalue weighted by molar-refractivity contribution is 5.94. The summed E-state index contributed by atoms with van der Waals surface area (Å²) in [6, 6.07) is -4.86. The van der Waals surface area contributed by atoms with Crippen molar-refractivity contribution in [3.05, 3.63) is 18.2 Å². The monoisotopic (exact) mass is 511 g/mol. The predicted molar refractivity (Wildman–Crippen MR) is 130 cm³/mol. The number of nitrogens with two attached hydrogens (primary N) is 3. The van der Waals surface area contributed by atoms with E-state index in [0.717, 1.165) is 0 Å². The van der Waals surface area contributed by atoms with Gasteiger partial charge in [-0.1, -0.05) is 13.8 Å². The average Bonchev–Trinajstić information content (AvgIpc) is 3.29. The van der Waals surface area contributed by atoms with Crippen molar-refractivity contribution in [2.75, 3.05) is 6.54 Å². The standard InChI is InChI=1S/C21H37N9O6/c1-10(2)15(20(35)36)29-18(33)14(7-12-8-25-9-27-12)28-19(34)16(11(3)31)30-17(32)13(22)5-4-6-26-21(23)24/h8-11,13-16,31H,4-7,22H2,1-3H3,(H,25,27)(H,28,34)(H,29,33)(H,30,32)(H,35,36)(H4,23,24,26). The molecule has 0 saturated heterocycles. The Labute approximate surface area is 208 Å². The van der Waals surface area contributed by atoms with Crippen LogP contribution < -0.4 is 33.2 Å². The molecule has 0 bridgehead atoms. The molecule has 15 heteroatoms. The normalized spacial score (nSPS) is 15.2. The Morgan fingerprint density at radius 3 is 2.19 bits per heavy atom. The van der Waals surface area contributed by atoms with Crippen molar-refractivity contribution >= 4 is 29.7 Å². The largest absolute Gasteiger partial charge is 0.480 e. The quantitative estimate of drug-likeness (QED) is 0.0650. The van der Waals surface area contributed by atoms with Crippen molar-refractivity contribution in [3.63, 3.8) is 0 Å². The Hall–Kier alpha value is -3.72. The minimum atomic E-state index is -1.43. The summed E-state index contributed by atoms with van der Waals surface area (Å²) < 4.78 is 0. The maximum atomic E-state index is 13.0. The fourth-order valence-corrected chi connectivity index (χ4v) is 3.17. The number of amides is 3. The molecule has 0 aliphatic carbocycles. The highest BCUT2D eigenvalue weighted by Gasteiger charge is 2.33. The molecule has 15 nitrogen and oxygen atoms in total. The van der Waals surface area contributed by atoms with Gasteiger partial charge in [-0.3, -0.25) is 19.4 Å². The van der Waals surface area contributed by atoms with Gasteiger partial charge in [-0.15, -0.1) is 0 Å². The molecular formula is C21H37N9O6. The molecule has 0 saturated carbocycles. The number of aromatic amines is 1. The number of guanidine groups is 1. The molecule has 0 spiro atoms. The molecule has 1 rings (SSSR count). The van der Waals surface area contributed by atoms with Crippen molar-refractivity contribution in [1.82, 2.24) is 25.9 Å². The van der Waals surface area contributed by atoms with Crippen LogP contribution in [0, 0.1) is 5.92 Å². The van der Waals surface area contributed by atoms with E-state index in [-0.39, 0.29) is 25.3 Å². The summed E-state index contributed by atoms with van der Waals surface area (Å²) in [6.45, 7) is 4.81. The van der Waals surface area contributed by atoms with E-state index < -0.39 is 59.9 Å². The lowest BCUT2D eigenvalue weighted by Crippen LogP contribution is -2.60. The van der Waals surface area contributed by atoms with Gasteiger partial charge in [0.05, 0.1) is 18.5 Å². The summed E-state index contributed by atoms with van der Waals surface area (Å²) in [5.41, 5.74) is 16.8. The number of H-pyrrole nitrogens is 1. The Morgan fingerprint density at radius 1 is 1.06 bits per heavy atom. The number of aliphatic imine (C=N–C) groups is 1. The van der Waals surface area contributed by atoms with Crippen LogP contribution in [0.25, 0.3) is 0 Å². The van der Waals surface area contributed by atoms with Crippen molar-refractivity contribution in [2.45, 2.75) is 70.3 Å². The first-order valence-electron chi connectivity index (χ1n) is 11.4. The summed E-state index contributed by atoms with van der Waals surface area (Å²) in [7, 11) is 0. The van der Waals surface area contributed by atoms with Gasteiger partial charge in [0.1, 0.15) is 18.1 Å². The van der Waals surface area contributed by atoms with Crippen molar-refractivity contribution < 1.29 is 29.4 Å². The first kappa shape index (κ1) is 30.3. The number of aliphatic hydroxyl groups is 1. The second-order valence-electron chi connectivity index (χ2n) is 8.69. The molecule has 5 unspecified atom stereocenters. The van der Waals surface area contributed by atoms with Gasteiger partial charge in [0.25, 0.3) is 0 Å². The van der Waals surface area contributed by atoms with Gasteiger partial charge in [0.15, 0.2) is 5.96 Å². The molecule has 1 aromatic heterocycles. The lowest BCUT2D eigenvalue weighted by atomic mass is 10.0. The SMILES string of the molecule is CC(C)C(NC(=O)C(Cc1cnc[nH]1)NC(=O)C(NC(=O)C(N)CCCN=C(N)N)C(C)O)C(=O)O. The van der Waals surface area contributed by atoms with Gasteiger partial charge in [0, 0.05) is 24.9 Å². The van der Waals surface area contributed by atoms with E-state index >= 15 is 0 Å². The summed E-state index contributed by atoms with van der Waals surface area (Å²) in [4.78, 5) is 60.4. The van der Waals surface area contributed by atoms with E-state index in [4.69, 9.17) is 17.2 Å². The van der Waals surface area contributed by atoms with Crippen molar-refractivity contribution in [3.8, 4) is 0 Å². The van der Waals surface area contributed by atoms with Crippen molar-refractivity contribution in [2.24, 2.45) is 28.1 Å². The van der Waals surface area contributed by atoms with Gasteiger partial charge in [-0.2, -0.15) is 0 Å². The molecule has 0 aromatic carbocycles. The number of nitrogens with one attached hydrogen (secondary N) is 4. The molecule has 12 N–H and O–H groups in total. The molecule has 0 radical (unpaired) electrons. The van der Waals surface area contributed by atoms with Gasteiger partial charge < -0.3 is 48.3 Å². The molecule has 0 aliphatic rings. The van der Waals surface area contributed by atoms with Crippen LogP contribution in [0.3, 0.4) is 0 Å². The summed E-state index contributed by atoms with van der Waals surface area (Å²) in [6.07, 6.45) is 2.07. The number of imidazole rings is 1. The Bertz CT molecular complexity index is 900. The maximum absolute atomic E-state index is 13.0. The summed E-state index contributed by atoms with van der Waals surface area (Å²) in [5, 5.41) is 26.8. The number of hydrogen-bond acceptors (Lipinski definition) is 8. The van der Waals surface area contributed by atoms with E-state index in [0.29, 0.717) is 12.1 Å². The fourth-order valence-electron chi connectivity index (χ4n) is 3.17. The number of nitrogens with zero attached hydrogens (tertiary/aromatic N) is 2. The first-order chi connectivity index (χ1) is 16.8. The number of carbonyl (C=O) groups is 4. The number of aliphatic hydroxyl groups excluding tert-OH is 1. The number of aromatic nitrogens is 2. The second kappa shape index (κ2) is 14.6. The van der Waals surface area contributed by atoms with E-state index in [1.807, 2.05) is 0 Å². The van der Waals surface area contributed by atoms with E-state index in [9.17, 15) is 29.4 Å². The Balaban J connectivity index is 2.94. The first-order valence-corrected chi connectivity index (χ1v) is 11.4. The average molecular weight is 512 g/mol. The zero-order valence-corrected chi connectivity index (χ0v) is 20.6. The summed E-state index contributed by atoms with van der Waals surface area (Å²) in [5.74, 6) is -4.05. The third-order valence-electron chi connectivity index (χ3n) is 5.21.